The van der Waals surface area contributed by atoms with Crippen molar-refractivity contribution in [3.05, 3.63) is 176 Å². The molecule has 6 heterocycles. The summed E-state index contributed by atoms with van der Waals surface area (Å²) in [4.78, 5) is 67.4. The fraction of sp³-hybridized carbons (Fsp3) is 0.364. The molecule has 91 heavy (non-hydrogen) atoms. The zero-order valence-corrected chi connectivity index (χ0v) is 55.6. The van der Waals surface area contributed by atoms with Crippen LogP contribution in [0, 0.1) is 17.7 Å². The molecule has 0 saturated carbocycles. The fourth-order valence-corrected chi connectivity index (χ4v) is 12.8. The predicted octanol–water partition coefficient (Wildman–Crippen LogP) is 17.7. The minimum absolute atomic E-state index is 0.00740. The Bertz CT molecular complexity index is 4200. The Morgan fingerprint density at radius 3 is 1.40 bits per heavy atom. The molecule has 0 spiro atoms. The van der Waals surface area contributed by atoms with Crippen LogP contribution in [-0.4, -0.2) is 81.2 Å². The van der Waals surface area contributed by atoms with Crippen molar-refractivity contribution >= 4 is 104 Å². The predicted molar refractivity (Wildman–Crippen MR) is 340 cm³/mol. The van der Waals surface area contributed by atoms with Gasteiger partial charge < -0.3 is 43.7 Å². The summed E-state index contributed by atoms with van der Waals surface area (Å²) in [7, 11) is 0. The molecule has 6 aromatic rings. The van der Waals surface area contributed by atoms with E-state index in [-0.39, 0.29) is 127 Å². The van der Waals surface area contributed by atoms with Crippen LogP contribution in [0.5, 0.6) is 34.9 Å². The number of aryl methyl sites for hydroxylation is 3. The third-order valence-electron chi connectivity index (χ3n) is 16.1. The standard InChI is InChI=1S/C66H62Cl6F3N3O13/c1-12-30-17-20-35(88-60-47(72)48(73)46(71)56(75)77-60)25-36(30)44-51(81)63(6,7)90-65(10,53(44)83)23-14-16-32-19-22-34(87-59-42(70)29-40(68)57(85)78-59)27-38(32)45-52(82)64(8,9)91-66(11,54(45)84)24-13-15-31-18-21-33(86-58-41(69)28-39(67)55(74)76-58)26-37(31)43-49(79)61(2,3)89-62(4,5)50(43)80/h17-22,25-29,79,81-82H,12-16,23-24H2,1-11H3,(H,78,85). The Morgan fingerprint density at radius 2 is 0.901 bits per heavy atom. The van der Waals surface area contributed by atoms with Gasteiger partial charge in [-0.05, 0) is 196 Å². The highest BCUT2D eigenvalue weighted by Crippen LogP contribution is 2.49. The summed E-state index contributed by atoms with van der Waals surface area (Å²) < 4.78 is 80.8. The number of benzene rings is 3. The van der Waals surface area contributed by atoms with Crippen LogP contribution >= 0.6 is 69.6 Å². The molecule has 3 aromatic carbocycles. The molecule has 4 N–H and O–H groups in total. The summed E-state index contributed by atoms with van der Waals surface area (Å²) in [6, 6.07) is 16.2. The minimum Gasteiger partial charge on any atom is -0.508 e. The van der Waals surface area contributed by atoms with Crippen LogP contribution in [0.1, 0.15) is 135 Å². The van der Waals surface area contributed by atoms with Crippen LogP contribution < -0.4 is 19.8 Å². The van der Waals surface area contributed by atoms with Crippen LogP contribution in [0.3, 0.4) is 0 Å². The number of pyridine rings is 3. The number of Topliss-reactive ketones (excluding diaryl/α,β-unsaturated/α-hetero) is 3. The van der Waals surface area contributed by atoms with Gasteiger partial charge >= 0.3 is 0 Å². The van der Waals surface area contributed by atoms with Gasteiger partial charge in [0, 0.05) is 0 Å². The highest BCUT2D eigenvalue weighted by molar-refractivity contribution is 6.37. The Hall–Kier alpha value is -6.65. The van der Waals surface area contributed by atoms with E-state index in [9.17, 15) is 38.1 Å². The monoisotopic (exact) mass is 1370 g/mol. The number of halogens is 9. The van der Waals surface area contributed by atoms with Gasteiger partial charge in [0.2, 0.25) is 29.5 Å². The Morgan fingerprint density at radius 1 is 0.484 bits per heavy atom. The summed E-state index contributed by atoms with van der Waals surface area (Å²) in [5.41, 5.74) is -7.83. The molecular weight excluding hydrogens is 1310 g/mol. The first-order valence-corrected chi connectivity index (χ1v) is 30.9. The lowest BCUT2D eigenvalue weighted by Crippen LogP contribution is -2.51. The molecule has 482 valence electrons. The third kappa shape index (κ3) is 13.5. The number of ether oxygens (including phenoxy) is 6. The van der Waals surface area contributed by atoms with Crippen molar-refractivity contribution in [2.75, 3.05) is 0 Å². The van der Waals surface area contributed by atoms with E-state index in [0.717, 1.165) is 6.07 Å². The number of aromatic amines is 1. The number of carbonyl (C=O) groups excluding carboxylic acids is 3. The van der Waals surface area contributed by atoms with Crippen molar-refractivity contribution < 1.29 is 71.3 Å². The maximum atomic E-state index is 15.5. The van der Waals surface area contributed by atoms with E-state index in [4.69, 9.17) is 98.0 Å². The second-order valence-corrected chi connectivity index (χ2v) is 27.0. The third-order valence-corrected chi connectivity index (χ3v) is 17.8. The number of carbonyl (C=O) groups is 3. The molecule has 3 aliphatic heterocycles. The van der Waals surface area contributed by atoms with E-state index in [1.54, 1.807) is 99.6 Å². The molecule has 3 aromatic heterocycles. The van der Waals surface area contributed by atoms with Crippen LogP contribution in [-0.2, 0) is 47.9 Å². The molecule has 0 amide bonds. The van der Waals surface area contributed by atoms with Gasteiger partial charge in [0.1, 0.15) is 93.2 Å². The van der Waals surface area contributed by atoms with E-state index >= 15 is 9.59 Å². The molecule has 2 unspecified atom stereocenters. The number of ketones is 3. The van der Waals surface area contributed by atoms with Gasteiger partial charge in [0.15, 0.2) is 23.2 Å². The Labute approximate surface area is 551 Å². The molecule has 0 aliphatic carbocycles. The number of aromatic nitrogens is 3. The molecule has 0 radical (unpaired) electrons. The molecule has 0 fully saturated rings. The molecule has 9 rings (SSSR count). The lowest BCUT2D eigenvalue weighted by atomic mass is 9.77. The average Bonchev–Trinajstić information content (AvgIpc) is 0.757. The number of aliphatic hydroxyl groups excluding tert-OH is 3. The smallest absolute Gasteiger partial charge is 0.269 e. The van der Waals surface area contributed by atoms with Crippen molar-refractivity contribution in [1.82, 2.24) is 15.0 Å². The Balaban J connectivity index is 1.05. The van der Waals surface area contributed by atoms with Crippen LogP contribution in [0.4, 0.5) is 13.2 Å². The minimum atomic E-state index is -1.68. The number of nitrogens with zero attached hydrogens (tertiary/aromatic N) is 2. The maximum absolute atomic E-state index is 15.5. The van der Waals surface area contributed by atoms with E-state index in [0.29, 0.717) is 23.1 Å². The largest absolute Gasteiger partial charge is 0.508 e. The highest BCUT2D eigenvalue weighted by atomic mass is 35.5. The maximum Gasteiger partial charge on any atom is 0.269 e. The number of aliphatic hydroxyl groups is 3. The van der Waals surface area contributed by atoms with Crippen molar-refractivity contribution in [2.45, 2.75) is 155 Å². The van der Waals surface area contributed by atoms with Crippen LogP contribution in [0.15, 0.2) is 88.8 Å². The summed E-state index contributed by atoms with van der Waals surface area (Å²) in [5, 5.41) is 33.7. The summed E-state index contributed by atoms with van der Waals surface area (Å²) in [5.74, 6) is -7.74. The molecule has 0 saturated heterocycles. The highest BCUT2D eigenvalue weighted by Gasteiger charge is 2.52. The van der Waals surface area contributed by atoms with Crippen molar-refractivity contribution in [2.24, 2.45) is 0 Å². The van der Waals surface area contributed by atoms with Crippen LogP contribution in [0.25, 0.3) is 16.7 Å². The lowest BCUT2D eigenvalue weighted by Gasteiger charge is -2.43. The number of rotatable bonds is 18. The van der Waals surface area contributed by atoms with E-state index in [2.05, 4.69) is 15.0 Å². The molecule has 25 heteroatoms. The molecular formula is C66H62Cl6F3N3O13. The van der Waals surface area contributed by atoms with E-state index in [1.807, 2.05) is 6.92 Å². The number of hydrogen-bond acceptors (Lipinski definition) is 15. The van der Waals surface area contributed by atoms with Gasteiger partial charge in [-0.2, -0.15) is 18.7 Å². The van der Waals surface area contributed by atoms with Crippen LogP contribution in [0.2, 0.25) is 30.1 Å². The van der Waals surface area contributed by atoms with Gasteiger partial charge in [0.05, 0.1) is 21.7 Å². The van der Waals surface area contributed by atoms with Gasteiger partial charge in [-0.25, -0.2) is 4.39 Å². The lowest BCUT2D eigenvalue weighted by molar-refractivity contribution is -0.164. The fourth-order valence-electron chi connectivity index (χ4n) is 11.6. The molecule has 16 nitrogen and oxygen atoms in total. The average molecular weight is 1370 g/mol. The number of nitrogens with one attached hydrogen (secondary N) is 1. The van der Waals surface area contributed by atoms with Gasteiger partial charge in [-0.1, -0.05) is 94.7 Å². The first-order chi connectivity index (χ1) is 42.3. The summed E-state index contributed by atoms with van der Waals surface area (Å²) >= 11 is 36.6. The zero-order chi connectivity index (χ0) is 67.0. The number of H-pyrrole nitrogens is 1. The summed E-state index contributed by atoms with van der Waals surface area (Å²) in [6.45, 7) is 17.7. The summed E-state index contributed by atoms with van der Waals surface area (Å²) in [6.07, 6.45) is 1.04. The topological polar surface area (TPSA) is 226 Å². The van der Waals surface area contributed by atoms with Crippen molar-refractivity contribution in [3.8, 4) is 34.9 Å². The van der Waals surface area contributed by atoms with E-state index in [1.165, 1.54) is 30.3 Å². The van der Waals surface area contributed by atoms with Gasteiger partial charge in [-0.15, -0.1) is 0 Å². The first-order valence-electron chi connectivity index (χ1n) is 28.6. The van der Waals surface area contributed by atoms with Gasteiger partial charge in [-0.3, -0.25) is 24.2 Å². The normalized spacial score (nSPS) is 20.4. The zero-order valence-electron chi connectivity index (χ0n) is 51.0. The van der Waals surface area contributed by atoms with E-state index < -0.39 is 102 Å². The number of hydrogen-bond donors (Lipinski definition) is 4. The Kier molecular flexibility index (Phi) is 19.1. The molecule has 3 aliphatic rings. The quantitative estimate of drug-likeness (QED) is 0.0587. The van der Waals surface area contributed by atoms with Gasteiger partial charge in [0.25, 0.3) is 5.56 Å². The molecule has 2 atom stereocenters. The SMILES string of the molecule is CCc1ccc(Oc2nc(F)c(Cl)c(F)c2Cl)cc1C1=C(O)C(C)(C)OC(C)(CCCc2ccc(Oc3[nH]c(=O)c(Cl)cc3Cl)cc2C2=C(O)C(C)(C)OC(C)(CCCc3ccc(Oc4nc(F)c(Cl)cc4Cl)cc3C3=C(O)C(C)(C)OC(C)(C)C3=O)C2=O)C1=O. The van der Waals surface area contributed by atoms with Crippen molar-refractivity contribution in [3.63, 3.8) is 0 Å². The second kappa shape index (κ2) is 25.3. The first kappa shape index (κ1) is 68.7. The molecule has 0 bridgehead atoms. The second-order valence-electron chi connectivity index (χ2n) is 24.6. The van der Waals surface area contributed by atoms with Crippen molar-refractivity contribution in [1.29, 1.82) is 0 Å².